The highest BCUT2D eigenvalue weighted by atomic mass is 16.5. The van der Waals surface area contributed by atoms with Crippen molar-refractivity contribution in [2.45, 2.75) is 44.8 Å². The number of rotatable bonds is 5. The van der Waals surface area contributed by atoms with Crippen LogP contribution >= 0.6 is 0 Å². The second-order valence-electron chi connectivity index (χ2n) is 5.30. The van der Waals surface area contributed by atoms with Gasteiger partial charge in [-0.1, -0.05) is 13.8 Å². The molecule has 19 heavy (non-hydrogen) atoms. The predicted molar refractivity (Wildman–Crippen MR) is 72.7 cm³/mol. The molecular formula is C14H20N2O3. The molecule has 1 aromatic heterocycles. The highest BCUT2D eigenvalue weighted by Crippen LogP contribution is 2.27. The zero-order chi connectivity index (χ0) is 14.0. The van der Waals surface area contributed by atoms with E-state index in [0.717, 1.165) is 18.5 Å². The lowest BCUT2D eigenvalue weighted by Gasteiger charge is -2.35. The number of hydrogen-bond donors (Lipinski definition) is 2. The Balaban J connectivity index is 2.13. The van der Waals surface area contributed by atoms with Gasteiger partial charge < -0.3 is 15.2 Å². The van der Waals surface area contributed by atoms with Gasteiger partial charge in [0.15, 0.2) is 0 Å². The number of nitrogens with one attached hydrogen (secondary N) is 1. The number of carboxylic acids is 1. The van der Waals surface area contributed by atoms with E-state index in [1.165, 1.54) is 0 Å². The lowest BCUT2D eigenvalue weighted by Crippen LogP contribution is -2.40. The summed E-state index contributed by atoms with van der Waals surface area (Å²) in [7, 11) is 1.71. The lowest BCUT2D eigenvalue weighted by molar-refractivity contribution is 0.0327. The van der Waals surface area contributed by atoms with Crippen LogP contribution in [0.2, 0.25) is 0 Å². The zero-order valence-electron chi connectivity index (χ0n) is 11.5. The third kappa shape index (κ3) is 3.23. The van der Waals surface area contributed by atoms with E-state index in [9.17, 15) is 4.79 Å². The first kappa shape index (κ1) is 13.8. The molecule has 0 radical (unpaired) electrons. The number of ether oxygens (including phenoxy) is 1. The van der Waals surface area contributed by atoms with Crippen molar-refractivity contribution in [2.24, 2.45) is 0 Å². The minimum absolute atomic E-state index is 0.202. The van der Waals surface area contributed by atoms with Gasteiger partial charge in [-0.3, -0.25) is 0 Å². The van der Waals surface area contributed by atoms with Gasteiger partial charge in [0, 0.05) is 18.8 Å². The van der Waals surface area contributed by atoms with Gasteiger partial charge in [0.1, 0.15) is 5.82 Å². The molecule has 5 heteroatoms. The zero-order valence-corrected chi connectivity index (χ0v) is 11.5. The lowest BCUT2D eigenvalue weighted by atomic mass is 9.89. The molecule has 2 N–H and O–H groups in total. The third-order valence-electron chi connectivity index (χ3n) is 3.46. The average Bonchev–Trinajstić information content (AvgIpc) is 2.32. The minimum atomic E-state index is -0.921. The Morgan fingerprint density at radius 2 is 2.16 bits per heavy atom. The summed E-state index contributed by atoms with van der Waals surface area (Å²) in [5.41, 5.74) is 1.08. The van der Waals surface area contributed by atoms with Crippen LogP contribution in [-0.4, -0.2) is 35.3 Å². The Hall–Kier alpha value is -1.62. The molecule has 1 saturated carbocycles. The summed E-state index contributed by atoms with van der Waals surface area (Å²) >= 11 is 0. The smallest absolute Gasteiger partial charge is 0.335 e. The van der Waals surface area contributed by atoms with Gasteiger partial charge in [-0.05, 0) is 30.9 Å². The molecule has 2 rings (SSSR count). The molecule has 0 unspecified atom stereocenters. The molecular weight excluding hydrogens is 244 g/mol. The maximum absolute atomic E-state index is 11.1. The van der Waals surface area contributed by atoms with E-state index < -0.39 is 5.97 Å². The molecule has 1 aliphatic carbocycles. The van der Waals surface area contributed by atoms with Gasteiger partial charge in [0.05, 0.1) is 11.7 Å². The predicted octanol–water partition coefficient (Wildman–Crippen LogP) is 2.49. The van der Waals surface area contributed by atoms with Crippen molar-refractivity contribution in [1.82, 2.24) is 4.98 Å². The van der Waals surface area contributed by atoms with Crippen LogP contribution < -0.4 is 5.32 Å². The Morgan fingerprint density at radius 1 is 1.47 bits per heavy atom. The summed E-state index contributed by atoms with van der Waals surface area (Å²) in [6.07, 6.45) is 2.18. The number of nitrogens with zero attached hydrogens (tertiary/aromatic N) is 1. The van der Waals surface area contributed by atoms with Gasteiger partial charge in [0.25, 0.3) is 0 Å². The Kier molecular flexibility index (Phi) is 4.04. The molecule has 0 bridgehead atoms. The number of methoxy groups -OCH3 is 1. The summed E-state index contributed by atoms with van der Waals surface area (Å²) in [4.78, 5) is 15.6. The van der Waals surface area contributed by atoms with Crippen molar-refractivity contribution >= 4 is 11.8 Å². The van der Waals surface area contributed by atoms with Crippen LogP contribution in [0.1, 0.15) is 48.7 Å². The van der Waals surface area contributed by atoms with E-state index in [4.69, 9.17) is 9.84 Å². The number of pyridine rings is 1. The maximum Gasteiger partial charge on any atom is 0.335 e. The Bertz CT molecular complexity index is 468. The van der Waals surface area contributed by atoms with Crippen LogP contribution in [-0.2, 0) is 4.74 Å². The highest BCUT2D eigenvalue weighted by Gasteiger charge is 2.29. The first-order chi connectivity index (χ1) is 8.99. The Morgan fingerprint density at radius 3 is 2.68 bits per heavy atom. The van der Waals surface area contributed by atoms with Gasteiger partial charge >= 0.3 is 5.97 Å². The topological polar surface area (TPSA) is 71.5 Å². The summed E-state index contributed by atoms with van der Waals surface area (Å²) in [5.74, 6) is -0.0770. The number of anilines is 1. The molecule has 0 saturated heterocycles. The SMILES string of the molecule is COC1CC(Nc2cc(C(=O)O)cc(C(C)C)n2)C1. The van der Waals surface area contributed by atoms with Gasteiger partial charge in [0.2, 0.25) is 0 Å². The number of aromatic nitrogens is 1. The largest absolute Gasteiger partial charge is 0.478 e. The van der Waals surface area contributed by atoms with Crippen molar-refractivity contribution in [3.8, 4) is 0 Å². The fourth-order valence-electron chi connectivity index (χ4n) is 2.13. The normalized spacial score (nSPS) is 22.1. The molecule has 0 atom stereocenters. The number of aromatic carboxylic acids is 1. The summed E-state index contributed by atoms with van der Waals surface area (Å²) < 4.78 is 5.22. The standard InChI is InChI=1S/C14H20N2O3/c1-8(2)12-4-9(14(17)18)5-13(16-12)15-10-6-11(7-10)19-3/h4-5,8,10-11H,6-7H2,1-3H3,(H,15,16)(H,17,18). The molecule has 1 heterocycles. The summed E-state index contributed by atoms with van der Waals surface area (Å²) in [6.45, 7) is 4.00. The summed E-state index contributed by atoms with van der Waals surface area (Å²) in [5, 5.41) is 12.4. The van der Waals surface area contributed by atoms with E-state index >= 15 is 0 Å². The van der Waals surface area contributed by atoms with Crippen LogP contribution in [0, 0.1) is 0 Å². The van der Waals surface area contributed by atoms with Crippen LogP contribution in [0.3, 0.4) is 0 Å². The molecule has 1 aromatic rings. The number of carboxylic acid groups (broad SMARTS) is 1. The molecule has 0 spiro atoms. The highest BCUT2D eigenvalue weighted by molar-refractivity contribution is 5.88. The minimum Gasteiger partial charge on any atom is -0.478 e. The molecule has 0 aliphatic heterocycles. The third-order valence-corrected chi connectivity index (χ3v) is 3.46. The number of carbonyl (C=O) groups is 1. The molecule has 5 nitrogen and oxygen atoms in total. The van der Waals surface area contributed by atoms with Crippen molar-refractivity contribution in [3.63, 3.8) is 0 Å². The molecule has 0 amide bonds. The first-order valence-corrected chi connectivity index (χ1v) is 6.54. The summed E-state index contributed by atoms with van der Waals surface area (Å²) in [6, 6.07) is 3.55. The molecule has 1 fully saturated rings. The van der Waals surface area contributed by atoms with Crippen molar-refractivity contribution < 1.29 is 14.6 Å². The van der Waals surface area contributed by atoms with E-state index in [1.807, 2.05) is 13.8 Å². The van der Waals surface area contributed by atoms with Crippen LogP contribution in [0.5, 0.6) is 0 Å². The molecule has 1 aliphatic rings. The van der Waals surface area contributed by atoms with Crippen LogP contribution in [0.15, 0.2) is 12.1 Å². The fraction of sp³-hybridized carbons (Fsp3) is 0.571. The fourth-order valence-corrected chi connectivity index (χ4v) is 2.13. The van der Waals surface area contributed by atoms with E-state index in [1.54, 1.807) is 19.2 Å². The van der Waals surface area contributed by atoms with Gasteiger partial charge in [-0.25, -0.2) is 9.78 Å². The second-order valence-corrected chi connectivity index (χ2v) is 5.30. The van der Waals surface area contributed by atoms with E-state index in [2.05, 4.69) is 10.3 Å². The molecule has 104 valence electrons. The monoisotopic (exact) mass is 264 g/mol. The first-order valence-electron chi connectivity index (χ1n) is 6.54. The molecule has 0 aromatic carbocycles. The quantitative estimate of drug-likeness (QED) is 0.855. The van der Waals surface area contributed by atoms with Gasteiger partial charge in [-0.2, -0.15) is 0 Å². The maximum atomic E-state index is 11.1. The van der Waals surface area contributed by atoms with Crippen molar-refractivity contribution in [2.75, 3.05) is 12.4 Å². The van der Waals surface area contributed by atoms with E-state index in [0.29, 0.717) is 18.0 Å². The van der Waals surface area contributed by atoms with E-state index in [-0.39, 0.29) is 11.5 Å². The second kappa shape index (κ2) is 5.57. The number of hydrogen-bond acceptors (Lipinski definition) is 4. The van der Waals surface area contributed by atoms with Crippen LogP contribution in [0.25, 0.3) is 0 Å². The van der Waals surface area contributed by atoms with Gasteiger partial charge in [-0.15, -0.1) is 0 Å². The van der Waals surface area contributed by atoms with Crippen molar-refractivity contribution in [1.29, 1.82) is 0 Å². The average molecular weight is 264 g/mol. The van der Waals surface area contributed by atoms with Crippen LogP contribution in [0.4, 0.5) is 5.82 Å². The Labute approximate surface area is 113 Å². The van der Waals surface area contributed by atoms with Crippen molar-refractivity contribution in [3.05, 3.63) is 23.4 Å².